The molecule has 1 aliphatic carbocycles. The molecular formula is C14H27N3O2S. The minimum atomic E-state index is -3.42. The first-order chi connectivity index (χ1) is 9.37. The molecule has 0 atom stereocenters. The molecule has 0 saturated heterocycles. The topological polar surface area (TPSA) is 52.7 Å². The summed E-state index contributed by atoms with van der Waals surface area (Å²) in [4.78, 5) is 0. The largest absolute Gasteiger partial charge is 0.314 e. The van der Waals surface area contributed by atoms with Crippen LogP contribution in [-0.4, -0.2) is 56.3 Å². The Morgan fingerprint density at radius 3 is 2.55 bits per heavy atom. The van der Waals surface area contributed by atoms with Crippen LogP contribution >= 0.6 is 0 Å². The van der Waals surface area contributed by atoms with Gasteiger partial charge in [0.15, 0.2) is 0 Å². The maximum Gasteiger partial charge on any atom is 0.282 e. The lowest BCUT2D eigenvalue weighted by atomic mass is 10.3. The van der Waals surface area contributed by atoms with E-state index in [1.54, 1.807) is 7.05 Å². The van der Waals surface area contributed by atoms with Crippen molar-refractivity contribution in [3.63, 3.8) is 0 Å². The summed E-state index contributed by atoms with van der Waals surface area (Å²) in [5.74, 6) is 2.95. The zero-order chi connectivity index (χ0) is 15.2. The molecule has 116 valence electrons. The zero-order valence-corrected chi connectivity index (χ0v) is 13.6. The molecule has 1 aliphatic rings. The molecule has 0 heterocycles. The summed E-state index contributed by atoms with van der Waals surface area (Å²) in [7, 11) is -1.80. The Morgan fingerprint density at radius 2 is 2.05 bits per heavy atom. The average Bonchev–Trinajstić information content (AvgIpc) is 3.17. The van der Waals surface area contributed by atoms with Crippen molar-refractivity contribution in [3.8, 4) is 12.3 Å². The molecule has 6 heteroatoms. The summed E-state index contributed by atoms with van der Waals surface area (Å²) in [5, 5.41) is 3.28. The van der Waals surface area contributed by atoms with Crippen molar-refractivity contribution in [3.05, 3.63) is 0 Å². The molecule has 0 amide bonds. The molecule has 0 spiro atoms. The first-order valence-electron chi connectivity index (χ1n) is 7.26. The van der Waals surface area contributed by atoms with Crippen molar-refractivity contribution in [1.29, 1.82) is 0 Å². The van der Waals surface area contributed by atoms with Gasteiger partial charge in [-0.15, -0.1) is 6.42 Å². The van der Waals surface area contributed by atoms with Crippen LogP contribution in [0.25, 0.3) is 0 Å². The molecule has 20 heavy (non-hydrogen) atoms. The predicted octanol–water partition coefficient (Wildman–Crippen LogP) is 0.896. The molecule has 1 N–H and O–H groups in total. The van der Waals surface area contributed by atoms with Gasteiger partial charge in [-0.2, -0.15) is 17.0 Å². The van der Waals surface area contributed by atoms with Crippen LogP contribution in [0.1, 0.15) is 33.1 Å². The van der Waals surface area contributed by atoms with E-state index in [4.69, 9.17) is 6.42 Å². The molecule has 0 aromatic heterocycles. The third-order valence-corrected chi connectivity index (χ3v) is 5.25. The van der Waals surface area contributed by atoms with Crippen LogP contribution in [0.15, 0.2) is 0 Å². The van der Waals surface area contributed by atoms with Crippen molar-refractivity contribution in [2.45, 2.75) is 39.2 Å². The van der Waals surface area contributed by atoms with Gasteiger partial charge in [0.05, 0.1) is 6.54 Å². The normalized spacial score (nSPS) is 16.1. The third kappa shape index (κ3) is 5.80. The lowest BCUT2D eigenvalue weighted by molar-refractivity contribution is 0.365. The molecular weight excluding hydrogens is 274 g/mol. The summed E-state index contributed by atoms with van der Waals surface area (Å²) < 4.78 is 27.7. The fourth-order valence-corrected chi connectivity index (χ4v) is 3.33. The predicted molar refractivity (Wildman–Crippen MR) is 82.4 cm³/mol. The first kappa shape index (κ1) is 17.4. The summed E-state index contributed by atoms with van der Waals surface area (Å²) in [6, 6.07) is 0.421. The fourth-order valence-electron chi connectivity index (χ4n) is 1.94. The molecule has 0 radical (unpaired) electrons. The second-order valence-corrected chi connectivity index (χ2v) is 7.77. The van der Waals surface area contributed by atoms with E-state index in [1.165, 1.54) is 8.61 Å². The number of hydrogen-bond acceptors (Lipinski definition) is 3. The van der Waals surface area contributed by atoms with Crippen LogP contribution < -0.4 is 5.32 Å². The molecule has 1 saturated carbocycles. The molecule has 0 aromatic carbocycles. The van der Waals surface area contributed by atoms with Crippen molar-refractivity contribution < 1.29 is 8.42 Å². The highest BCUT2D eigenvalue weighted by Gasteiger charge is 2.32. The quantitative estimate of drug-likeness (QED) is 0.482. The van der Waals surface area contributed by atoms with Gasteiger partial charge in [-0.05, 0) is 31.7 Å². The van der Waals surface area contributed by atoms with Crippen LogP contribution in [0.5, 0.6) is 0 Å². The van der Waals surface area contributed by atoms with E-state index >= 15 is 0 Å². The summed E-state index contributed by atoms with van der Waals surface area (Å²) in [6.07, 6.45) is 8.31. The van der Waals surface area contributed by atoms with Gasteiger partial charge in [0.2, 0.25) is 0 Å². The third-order valence-electron chi connectivity index (χ3n) is 3.35. The van der Waals surface area contributed by atoms with Gasteiger partial charge in [-0.25, -0.2) is 0 Å². The maximum atomic E-state index is 12.4. The van der Waals surface area contributed by atoms with E-state index < -0.39 is 10.2 Å². The van der Waals surface area contributed by atoms with Crippen LogP contribution in [0, 0.1) is 18.3 Å². The van der Waals surface area contributed by atoms with Crippen molar-refractivity contribution >= 4 is 10.2 Å². The average molecular weight is 301 g/mol. The maximum absolute atomic E-state index is 12.4. The second kappa shape index (κ2) is 7.99. The van der Waals surface area contributed by atoms with Gasteiger partial charge in [-0.1, -0.05) is 19.8 Å². The summed E-state index contributed by atoms with van der Waals surface area (Å²) >= 11 is 0. The standard InChI is InChI=1S/C14H27N3O2S/c1-5-10-17(12-14-7-8-14)20(18,19)16(4)11-6-9-15-13(2)3/h1,13-15H,6-12H2,2-4H3. The monoisotopic (exact) mass is 301 g/mol. The molecule has 0 aliphatic heterocycles. The Kier molecular flexibility index (Phi) is 6.96. The van der Waals surface area contributed by atoms with Crippen LogP contribution in [0.3, 0.4) is 0 Å². The number of nitrogens with one attached hydrogen (secondary N) is 1. The Bertz CT molecular complexity index is 424. The number of rotatable bonds is 10. The van der Waals surface area contributed by atoms with Crippen molar-refractivity contribution in [1.82, 2.24) is 13.9 Å². The molecule has 0 aromatic rings. The van der Waals surface area contributed by atoms with E-state index in [1.807, 2.05) is 0 Å². The van der Waals surface area contributed by atoms with Crippen LogP contribution in [-0.2, 0) is 10.2 Å². The van der Waals surface area contributed by atoms with Gasteiger partial charge >= 0.3 is 0 Å². The summed E-state index contributed by atoms with van der Waals surface area (Å²) in [5.41, 5.74) is 0. The highest BCUT2D eigenvalue weighted by molar-refractivity contribution is 7.86. The highest BCUT2D eigenvalue weighted by Crippen LogP contribution is 2.30. The lowest BCUT2D eigenvalue weighted by Crippen LogP contribution is -2.44. The van der Waals surface area contributed by atoms with Gasteiger partial charge in [-0.3, -0.25) is 0 Å². The number of terminal acetylenes is 1. The van der Waals surface area contributed by atoms with Crippen LogP contribution in [0.2, 0.25) is 0 Å². The molecule has 0 unspecified atom stereocenters. The Morgan fingerprint density at radius 1 is 1.40 bits per heavy atom. The van der Waals surface area contributed by atoms with E-state index in [9.17, 15) is 8.42 Å². The SMILES string of the molecule is C#CCN(CC1CC1)S(=O)(=O)N(C)CCCNC(C)C. The van der Waals surface area contributed by atoms with Gasteiger partial charge in [0, 0.05) is 26.2 Å². The summed E-state index contributed by atoms with van der Waals surface area (Å²) in [6.45, 7) is 6.19. The van der Waals surface area contributed by atoms with E-state index in [2.05, 4.69) is 25.1 Å². The Balaban J connectivity index is 2.48. The van der Waals surface area contributed by atoms with Crippen molar-refractivity contribution in [2.24, 2.45) is 5.92 Å². The van der Waals surface area contributed by atoms with E-state index in [0.717, 1.165) is 25.8 Å². The highest BCUT2D eigenvalue weighted by atomic mass is 32.2. The molecule has 5 nitrogen and oxygen atoms in total. The molecule has 0 bridgehead atoms. The minimum absolute atomic E-state index is 0.160. The minimum Gasteiger partial charge on any atom is -0.314 e. The second-order valence-electron chi connectivity index (χ2n) is 5.73. The molecule has 1 rings (SSSR count). The first-order valence-corrected chi connectivity index (χ1v) is 8.66. The zero-order valence-electron chi connectivity index (χ0n) is 12.8. The fraction of sp³-hybridized carbons (Fsp3) is 0.857. The Hall–Kier alpha value is -0.610. The molecule has 1 fully saturated rings. The van der Waals surface area contributed by atoms with E-state index in [0.29, 0.717) is 25.0 Å². The number of hydrogen-bond donors (Lipinski definition) is 1. The van der Waals surface area contributed by atoms with E-state index in [-0.39, 0.29) is 6.54 Å². The number of nitrogens with zero attached hydrogens (tertiary/aromatic N) is 2. The Labute approximate surface area is 123 Å². The van der Waals surface area contributed by atoms with Gasteiger partial charge < -0.3 is 5.32 Å². The van der Waals surface area contributed by atoms with Gasteiger partial charge in [0.1, 0.15) is 0 Å². The van der Waals surface area contributed by atoms with Crippen LogP contribution in [0.4, 0.5) is 0 Å². The van der Waals surface area contributed by atoms with Gasteiger partial charge in [0.25, 0.3) is 10.2 Å². The van der Waals surface area contributed by atoms with Crippen molar-refractivity contribution in [2.75, 3.05) is 33.2 Å². The smallest absolute Gasteiger partial charge is 0.282 e. The lowest BCUT2D eigenvalue weighted by Gasteiger charge is -2.26.